The van der Waals surface area contributed by atoms with Gasteiger partial charge in [0.2, 0.25) is 11.8 Å². The molecule has 2 fully saturated rings. The van der Waals surface area contributed by atoms with E-state index in [0.717, 1.165) is 12.0 Å². The lowest BCUT2D eigenvalue weighted by atomic mass is 10.1. The van der Waals surface area contributed by atoms with Crippen LogP contribution in [0.1, 0.15) is 25.3 Å². The van der Waals surface area contributed by atoms with Crippen molar-refractivity contribution in [1.29, 1.82) is 0 Å². The van der Waals surface area contributed by atoms with Gasteiger partial charge in [0.05, 0.1) is 4.87 Å². The van der Waals surface area contributed by atoms with E-state index in [0.29, 0.717) is 35.2 Å². The van der Waals surface area contributed by atoms with Crippen molar-refractivity contribution in [3.63, 3.8) is 0 Å². The monoisotopic (exact) mass is 372 g/mol. The summed E-state index contributed by atoms with van der Waals surface area (Å²) in [5.41, 5.74) is 0.944. The van der Waals surface area contributed by atoms with Gasteiger partial charge in [-0.1, -0.05) is 29.3 Å². The van der Waals surface area contributed by atoms with Crippen molar-refractivity contribution in [2.24, 2.45) is 0 Å². The van der Waals surface area contributed by atoms with Crippen molar-refractivity contribution in [2.75, 3.05) is 12.3 Å². The van der Waals surface area contributed by atoms with E-state index in [1.54, 1.807) is 28.8 Å². The van der Waals surface area contributed by atoms with Gasteiger partial charge in [0.15, 0.2) is 0 Å². The minimum Gasteiger partial charge on any atom is -0.354 e. The zero-order valence-corrected chi connectivity index (χ0v) is 15.1. The number of nitrogens with zero attached hydrogens (tertiary/aromatic N) is 1. The molecule has 23 heavy (non-hydrogen) atoms. The number of hydrogen-bond donors (Lipinski definition) is 1. The highest BCUT2D eigenvalue weighted by molar-refractivity contribution is 8.01. The summed E-state index contributed by atoms with van der Waals surface area (Å²) in [4.78, 5) is 26.0. The van der Waals surface area contributed by atoms with Crippen LogP contribution in [-0.2, 0) is 16.0 Å². The van der Waals surface area contributed by atoms with E-state index in [1.807, 2.05) is 13.0 Å². The van der Waals surface area contributed by atoms with Crippen LogP contribution in [0.2, 0.25) is 10.0 Å². The number of rotatable bonds is 4. The second-order valence-electron chi connectivity index (χ2n) is 6.04. The van der Waals surface area contributed by atoms with Crippen molar-refractivity contribution in [3.8, 4) is 0 Å². The molecular weight excluding hydrogens is 355 g/mol. The van der Waals surface area contributed by atoms with Gasteiger partial charge in [-0.05, 0) is 37.5 Å². The van der Waals surface area contributed by atoms with Crippen molar-refractivity contribution < 1.29 is 9.59 Å². The summed E-state index contributed by atoms with van der Waals surface area (Å²) in [5, 5.41) is 4.12. The molecule has 3 rings (SSSR count). The van der Waals surface area contributed by atoms with Crippen molar-refractivity contribution in [2.45, 2.75) is 37.1 Å². The normalized spacial score (nSPS) is 26.5. The number of halogens is 2. The lowest BCUT2D eigenvalue weighted by Crippen LogP contribution is -2.50. The Hall–Kier alpha value is -0.910. The zero-order chi connectivity index (χ0) is 16.6. The van der Waals surface area contributed by atoms with E-state index < -0.39 is 0 Å². The maximum atomic E-state index is 12.4. The molecule has 0 spiro atoms. The average molecular weight is 373 g/mol. The van der Waals surface area contributed by atoms with Crippen molar-refractivity contribution >= 4 is 46.8 Å². The third-order valence-electron chi connectivity index (χ3n) is 4.46. The third-order valence-corrected chi connectivity index (χ3v) is 6.55. The fourth-order valence-electron chi connectivity index (χ4n) is 3.18. The number of carbonyl (C=O) groups is 2. The number of amides is 2. The van der Waals surface area contributed by atoms with Gasteiger partial charge < -0.3 is 10.2 Å². The molecule has 124 valence electrons. The molecule has 2 amide bonds. The second-order valence-corrected chi connectivity index (χ2v) is 8.39. The molecule has 2 aliphatic rings. The van der Waals surface area contributed by atoms with Crippen molar-refractivity contribution in [1.82, 2.24) is 10.2 Å². The van der Waals surface area contributed by atoms with Gasteiger partial charge in [-0.25, -0.2) is 0 Å². The maximum absolute atomic E-state index is 12.4. The Bertz CT molecular complexity index is 655. The molecule has 4 nitrogen and oxygen atoms in total. The van der Waals surface area contributed by atoms with E-state index in [9.17, 15) is 9.59 Å². The standard InChI is InChI=1S/C16H18Cl2N2O2S/c1-16-6-4-14(21)20(16)13(9-23-16)15(22)19-7-5-10-2-3-11(17)8-12(10)18/h2-3,8,13H,4-7,9H2,1H3,(H,19,22)/t13-,16-/m0/s1. The average Bonchev–Trinajstić information content (AvgIpc) is 2.98. The summed E-state index contributed by atoms with van der Waals surface area (Å²) in [5.74, 6) is 0.662. The Balaban J connectivity index is 1.57. The van der Waals surface area contributed by atoms with Crippen LogP contribution in [0, 0.1) is 0 Å². The molecular formula is C16H18Cl2N2O2S. The van der Waals surface area contributed by atoms with Gasteiger partial charge in [-0.15, -0.1) is 11.8 Å². The largest absolute Gasteiger partial charge is 0.354 e. The van der Waals surface area contributed by atoms with Gasteiger partial charge in [0, 0.05) is 28.8 Å². The van der Waals surface area contributed by atoms with Crippen LogP contribution in [-0.4, -0.2) is 39.9 Å². The van der Waals surface area contributed by atoms with Gasteiger partial charge in [-0.2, -0.15) is 0 Å². The lowest BCUT2D eigenvalue weighted by Gasteiger charge is -2.29. The first-order valence-electron chi connectivity index (χ1n) is 7.58. The Kier molecular flexibility index (Phi) is 4.81. The van der Waals surface area contributed by atoms with Gasteiger partial charge in [0.25, 0.3) is 0 Å². The Morgan fingerprint density at radius 1 is 1.48 bits per heavy atom. The number of hydrogen-bond acceptors (Lipinski definition) is 3. The minimum absolute atomic E-state index is 0.0818. The van der Waals surface area contributed by atoms with E-state index >= 15 is 0 Å². The molecule has 0 radical (unpaired) electrons. The molecule has 2 saturated heterocycles. The molecule has 0 unspecified atom stereocenters. The summed E-state index contributed by atoms with van der Waals surface area (Å²) in [6.45, 7) is 2.53. The smallest absolute Gasteiger partial charge is 0.243 e. The SMILES string of the molecule is C[C@]12CCC(=O)N1[C@H](C(=O)NCCc1ccc(Cl)cc1Cl)CS2. The molecule has 7 heteroatoms. The first-order valence-corrected chi connectivity index (χ1v) is 9.33. The fraction of sp³-hybridized carbons (Fsp3) is 0.500. The number of carbonyl (C=O) groups excluding carboxylic acids is 2. The van der Waals surface area contributed by atoms with Crippen LogP contribution in [0.4, 0.5) is 0 Å². The first kappa shape index (κ1) is 16.9. The zero-order valence-electron chi connectivity index (χ0n) is 12.8. The molecule has 0 aliphatic carbocycles. The Morgan fingerprint density at radius 2 is 2.26 bits per heavy atom. The summed E-state index contributed by atoms with van der Waals surface area (Å²) < 4.78 is 0. The number of benzene rings is 1. The second kappa shape index (κ2) is 6.54. The van der Waals surface area contributed by atoms with E-state index in [-0.39, 0.29) is 22.7 Å². The molecule has 0 aromatic heterocycles. The van der Waals surface area contributed by atoms with E-state index in [2.05, 4.69) is 5.32 Å². The molecule has 1 aromatic carbocycles. The predicted octanol–water partition coefficient (Wildman–Crippen LogP) is 3.11. The van der Waals surface area contributed by atoms with Crippen LogP contribution in [0.25, 0.3) is 0 Å². The minimum atomic E-state index is -0.360. The highest BCUT2D eigenvalue weighted by Gasteiger charge is 2.52. The summed E-state index contributed by atoms with van der Waals surface area (Å²) in [6, 6.07) is 4.98. The third kappa shape index (κ3) is 3.32. The molecule has 2 heterocycles. The highest BCUT2D eigenvalue weighted by atomic mass is 35.5. The fourth-order valence-corrected chi connectivity index (χ4v) is 5.11. The van der Waals surface area contributed by atoms with Crippen molar-refractivity contribution in [3.05, 3.63) is 33.8 Å². The quantitative estimate of drug-likeness (QED) is 0.883. The van der Waals surface area contributed by atoms with E-state index in [4.69, 9.17) is 23.2 Å². The number of nitrogens with one attached hydrogen (secondary N) is 1. The maximum Gasteiger partial charge on any atom is 0.243 e. The molecule has 0 bridgehead atoms. The van der Waals surface area contributed by atoms with Crippen LogP contribution >= 0.6 is 35.0 Å². The topological polar surface area (TPSA) is 49.4 Å². The van der Waals surface area contributed by atoms with Gasteiger partial charge in [0.1, 0.15) is 6.04 Å². The molecule has 2 atom stereocenters. The van der Waals surface area contributed by atoms with Crippen LogP contribution in [0.15, 0.2) is 18.2 Å². The van der Waals surface area contributed by atoms with Gasteiger partial charge >= 0.3 is 0 Å². The highest BCUT2D eigenvalue weighted by Crippen LogP contribution is 2.47. The van der Waals surface area contributed by atoms with Gasteiger partial charge in [-0.3, -0.25) is 9.59 Å². The summed E-state index contributed by atoms with van der Waals surface area (Å²) in [6.07, 6.45) is 1.99. The Labute approximate surface area is 149 Å². The predicted molar refractivity (Wildman–Crippen MR) is 93.9 cm³/mol. The Morgan fingerprint density at radius 3 is 3.00 bits per heavy atom. The first-order chi connectivity index (χ1) is 10.9. The van der Waals surface area contributed by atoms with Crippen LogP contribution in [0.5, 0.6) is 0 Å². The van der Waals surface area contributed by atoms with Crippen LogP contribution in [0.3, 0.4) is 0 Å². The molecule has 2 aliphatic heterocycles. The number of fused-ring (bicyclic) bond motifs is 1. The number of thioether (sulfide) groups is 1. The molecule has 0 saturated carbocycles. The lowest BCUT2D eigenvalue weighted by molar-refractivity contribution is -0.137. The molecule has 1 aromatic rings. The summed E-state index contributed by atoms with van der Waals surface area (Å²) in [7, 11) is 0. The molecule has 1 N–H and O–H groups in total. The van der Waals surface area contributed by atoms with E-state index in [1.165, 1.54) is 0 Å². The summed E-state index contributed by atoms with van der Waals surface area (Å²) >= 11 is 13.7. The van der Waals surface area contributed by atoms with Crippen LogP contribution < -0.4 is 5.32 Å².